The average molecular weight is 612 g/mol. The van der Waals surface area contributed by atoms with E-state index in [0.29, 0.717) is 23.4 Å². The Bertz CT molecular complexity index is 1910. The lowest BCUT2D eigenvalue weighted by atomic mass is 10.1. The van der Waals surface area contributed by atoms with E-state index in [4.69, 9.17) is 4.98 Å². The van der Waals surface area contributed by atoms with Crippen molar-refractivity contribution in [3.8, 4) is 22.5 Å². The molecule has 214 valence electrons. The van der Waals surface area contributed by atoms with Gasteiger partial charge in [-0.2, -0.15) is 23.4 Å². The summed E-state index contributed by atoms with van der Waals surface area (Å²) in [5, 5.41) is 17.7. The van der Waals surface area contributed by atoms with Crippen molar-refractivity contribution in [1.29, 1.82) is 0 Å². The molecule has 6 rings (SSSR count). The molecule has 6 aromatic rings. The standard InChI is InChI=1S/C33H24F3N5S2/c1-21-6-2-11-26(14-21)37-32-39-30(20-43-32)24-9-5-13-28(18-24)41-40-27-12-4-8-23(17-27)29-19-42-31(38-29)16-22-7-3-10-25(15-22)33(34,35)36/h2-15,17-20H,16H2,1H3,(H,37,39). The van der Waals surface area contributed by atoms with Crippen molar-refractivity contribution in [3.63, 3.8) is 0 Å². The number of aromatic nitrogens is 2. The maximum atomic E-state index is 13.1. The normalized spacial score (nSPS) is 11.7. The van der Waals surface area contributed by atoms with Crippen molar-refractivity contribution in [3.05, 3.63) is 130 Å². The summed E-state index contributed by atoms with van der Waals surface area (Å²) in [5.74, 6) is 0. The number of rotatable bonds is 8. The molecular formula is C33H24F3N5S2. The lowest BCUT2D eigenvalue weighted by molar-refractivity contribution is -0.137. The van der Waals surface area contributed by atoms with Crippen LogP contribution in [0.2, 0.25) is 0 Å². The number of halogens is 3. The van der Waals surface area contributed by atoms with Gasteiger partial charge in [0.2, 0.25) is 0 Å². The Morgan fingerprint density at radius 2 is 1.37 bits per heavy atom. The van der Waals surface area contributed by atoms with Crippen LogP contribution in [0.1, 0.15) is 21.7 Å². The van der Waals surface area contributed by atoms with Crippen LogP contribution in [0, 0.1) is 6.92 Å². The van der Waals surface area contributed by atoms with Crippen LogP contribution in [-0.2, 0) is 12.6 Å². The number of hydrogen-bond acceptors (Lipinski definition) is 7. The smallest absolute Gasteiger partial charge is 0.332 e. The zero-order valence-corrected chi connectivity index (χ0v) is 24.5. The fraction of sp³-hybridized carbons (Fsp3) is 0.0909. The molecule has 10 heteroatoms. The van der Waals surface area contributed by atoms with Crippen LogP contribution in [-0.4, -0.2) is 9.97 Å². The molecule has 1 N–H and O–H groups in total. The van der Waals surface area contributed by atoms with E-state index in [1.165, 1.54) is 40.4 Å². The molecule has 0 saturated heterocycles. The molecule has 0 aliphatic carbocycles. The Labute approximate surface area is 254 Å². The third-order valence-corrected chi connectivity index (χ3v) is 8.11. The first-order valence-corrected chi connectivity index (χ1v) is 15.1. The number of azo groups is 1. The molecule has 5 nitrogen and oxygen atoms in total. The second-order valence-corrected chi connectivity index (χ2v) is 11.6. The van der Waals surface area contributed by atoms with Crippen molar-refractivity contribution in [1.82, 2.24) is 9.97 Å². The Balaban J connectivity index is 1.14. The van der Waals surface area contributed by atoms with Crippen LogP contribution in [0.5, 0.6) is 0 Å². The van der Waals surface area contributed by atoms with Crippen molar-refractivity contribution in [2.75, 3.05) is 5.32 Å². The summed E-state index contributed by atoms with van der Waals surface area (Å²) in [6, 6.07) is 28.8. The minimum atomic E-state index is -4.37. The summed E-state index contributed by atoms with van der Waals surface area (Å²) in [4.78, 5) is 9.39. The summed E-state index contributed by atoms with van der Waals surface area (Å²) >= 11 is 2.95. The number of thiazole rings is 2. The van der Waals surface area contributed by atoms with Gasteiger partial charge in [-0.15, -0.1) is 22.7 Å². The van der Waals surface area contributed by atoms with E-state index in [2.05, 4.69) is 39.6 Å². The van der Waals surface area contributed by atoms with Crippen molar-refractivity contribution in [2.45, 2.75) is 19.5 Å². The topological polar surface area (TPSA) is 62.5 Å². The van der Waals surface area contributed by atoms with Gasteiger partial charge < -0.3 is 5.32 Å². The van der Waals surface area contributed by atoms with Gasteiger partial charge >= 0.3 is 6.18 Å². The molecule has 0 aliphatic heterocycles. The molecule has 0 spiro atoms. The van der Waals surface area contributed by atoms with Crippen molar-refractivity contribution in [2.24, 2.45) is 10.2 Å². The van der Waals surface area contributed by atoms with Gasteiger partial charge in [0, 0.05) is 34.0 Å². The van der Waals surface area contributed by atoms with Crippen LogP contribution in [0.15, 0.2) is 118 Å². The second-order valence-electron chi connectivity index (χ2n) is 9.83. The molecule has 2 heterocycles. The van der Waals surface area contributed by atoms with Crippen LogP contribution in [0.3, 0.4) is 0 Å². The number of hydrogen-bond donors (Lipinski definition) is 1. The molecule has 0 fully saturated rings. The Morgan fingerprint density at radius 3 is 2.07 bits per heavy atom. The Morgan fingerprint density at radius 1 is 0.721 bits per heavy atom. The third-order valence-electron chi connectivity index (χ3n) is 6.50. The molecule has 0 radical (unpaired) electrons. The fourth-order valence-corrected chi connectivity index (χ4v) is 6.01. The molecule has 0 unspecified atom stereocenters. The summed E-state index contributed by atoms with van der Waals surface area (Å²) in [6.07, 6.45) is -4.04. The highest BCUT2D eigenvalue weighted by Crippen LogP contribution is 2.33. The van der Waals surface area contributed by atoms with Gasteiger partial charge in [-0.1, -0.05) is 54.6 Å². The maximum Gasteiger partial charge on any atom is 0.416 e. The first kappa shape index (κ1) is 28.4. The molecule has 0 aliphatic rings. The van der Waals surface area contributed by atoms with Crippen LogP contribution in [0.4, 0.5) is 35.4 Å². The van der Waals surface area contributed by atoms with Crippen molar-refractivity contribution >= 4 is 44.9 Å². The SMILES string of the molecule is Cc1cccc(Nc2nc(-c3cccc(N=Nc4cccc(-c5csc(Cc6cccc(C(F)(F)F)c6)n5)c4)c3)cs2)c1. The highest BCUT2D eigenvalue weighted by molar-refractivity contribution is 7.14. The average Bonchev–Trinajstić information content (AvgIpc) is 3.66. The van der Waals surface area contributed by atoms with E-state index >= 15 is 0 Å². The second kappa shape index (κ2) is 12.3. The minimum Gasteiger partial charge on any atom is -0.332 e. The predicted octanol–water partition coefficient (Wildman–Crippen LogP) is 11.0. The molecular weight excluding hydrogens is 588 g/mol. The molecule has 2 aromatic heterocycles. The molecule has 43 heavy (non-hydrogen) atoms. The monoisotopic (exact) mass is 611 g/mol. The third kappa shape index (κ3) is 7.22. The number of nitrogens with one attached hydrogen (secondary N) is 1. The summed E-state index contributed by atoms with van der Waals surface area (Å²) in [7, 11) is 0. The first-order chi connectivity index (χ1) is 20.8. The van der Waals surface area contributed by atoms with E-state index in [-0.39, 0.29) is 0 Å². The lowest BCUT2D eigenvalue weighted by Gasteiger charge is -2.07. The maximum absolute atomic E-state index is 13.1. The predicted molar refractivity (Wildman–Crippen MR) is 168 cm³/mol. The van der Waals surface area contributed by atoms with Gasteiger partial charge in [0.25, 0.3) is 0 Å². The van der Waals surface area contributed by atoms with E-state index in [0.717, 1.165) is 44.4 Å². The quantitative estimate of drug-likeness (QED) is 0.174. The van der Waals surface area contributed by atoms with Gasteiger partial charge in [-0.3, -0.25) is 0 Å². The first-order valence-electron chi connectivity index (χ1n) is 13.3. The summed E-state index contributed by atoms with van der Waals surface area (Å²) in [5.41, 5.74) is 6.82. The zero-order valence-electron chi connectivity index (χ0n) is 22.8. The lowest BCUT2D eigenvalue weighted by Crippen LogP contribution is -2.05. The molecule has 0 atom stereocenters. The molecule has 4 aromatic carbocycles. The Kier molecular flexibility index (Phi) is 8.13. The number of aryl methyl sites for hydroxylation is 1. The molecule has 0 saturated carbocycles. The summed E-state index contributed by atoms with van der Waals surface area (Å²) in [6.45, 7) is 2.05. The van der Waals surface area contributed by atoms with Crippen LogP contribution in [0.25, 0.3) is 22.5 Å². The number of nitrogens with zero attached hydrogens (tertiary/aromatic N) is 4. The number of benzene rings is 4. The fourth-order valence-electron chi connectivity index (χ4n) is 4.44. The zero-order chi connectivity index (χ0) is 29.8. The van der Waals surface area contributed by atoms with E-state index in [1.54, 1.807) is 6.07 Å². The van der Waals surface area contributed by atoms with Gasteiger partial charge in [0.05, 0.1) is 33.3 Å². The Hall–Kier alpha value is -4.67. The summed E-state index contributed by atoms with van der Waals surface area (Å²) < 4.78 is 39.2. The van der Waals surface area contributed by atoms with E-state index in [9.17, 15) is 13.2 Å². The number of anilines is 2. The van der Waals surface area contributed by atoms with Gasteiger partial charge in [-0.05, 0) is 60.5 Å². The molecule has 0 bridgehead atoms. The van der Waals surface area contributed by atoms with Crippen LogP contribution < -0.4 is 5.32 Å². The highest BCUT2D eigenvalue weighted by Gasteiger charge is 2.30. The highest BCUT2D eigenvalue weighted by atomic mass is 32.1. The van der Waals surface area contributed by atoms with Gasteiger partial charge in [-0.25, -0.2) is 9.97 Å². The van der Waals surface area contributed by atoms with Gasteiger partial charge in [0.1, 0.15) is 0 Å². The van der Waals surface area contributed by atoms with Crippen molar-refractivity contribution < 1.29 is 13.2 Å². The van der Waals surface area contributed by atoms with Gasteiger partial charge in [0.15, 0.2) is 5.13 Å². The van der Waals surface area contributed by atoms with E-state index < -0.39 is 11.7 Å². The molecule has 0 amide bonds. The largest absolute Gasteiger partial charge is 0.416 e. The minimum absolute atomic E-state index is 0.326. The van der Waals surface area contributed by atoms with Crippen LogP contribution >= 0.6 is 22.7 Å². The number of alkyl halides is 3. The van der Waals surface area contributed by atoms with E-state index in [1.807, 2.05) is 71.4 Å².